The molecule has 1 fully saturated rings. The Kier molecular flexibility index (Phi) is 4.42. The normalized spacial score (nSPS) is 21.4. The second-order valence-corrected chi connectivity index (χ2v) is 7.63. The highest BCUT2D eigenvalue weighted by molar-refractivity contribution is 5.96. The second-order valence-electron chi connectivity index (χ2n) is 7.63. The number of aromatic nitrogens is 1. The van der Waals surface area contributed by atoms with Gasteiger partial charge in [0, 0.05) is 36.3 Å². The largest absolute Gasteiger partial charge is 0.477 e. The van der Waals surface area contributed by atoms with Gasteiger partial charge in [-0.3, -0.25) is 4.79 Å². The fourth-order valence-electron chi connectivity index (χ4n) is 4.54. The maximum absolute atomic E-state index is 15.1. The zero-order valence-electron chi connectivity index (χ0n) is 15.6. The van der Waals surface area contributed by atoms with Gasteiger partial charge in [-0.1, -0.05) is 6.92 Å². The Morgan fingerprint density at radius 2 is 2.22 bits per heavy atom. The van der Waals surface area contributed by atoms with E-state index in [-0.39, 0.29) is 17.0 Å². The lowest BCUT2D eigenvalue weighted by Gasteiger charge is -2.22. The highest BCUT2D eigenvalue weighted by Crippen LogP contribution is 2.40. The molecule has 2 aliphatic heterocycles. The van der Waals surface area contributed by atoms with Crippen molar-refractivity contribution in [3.05, 3.63) is 39.4 Å². The molecule has 144 valence electrons. The van der Waals surface area contributed by atoms with E-state index in [1.165, 1.54) is 12.3 Å². The third-order valence-corrected chi connectivity index (χ3v) is 5.83. The van der Waals surface area contributed by atoms with E-state index in [0.717, 1.165) is 38.2 Å². The highest BCUT2D eigenvalue weighted by atomic mass is 19.1. The van der Waals surface area contributed by atoms with E-state index in [0.29, 0.717) is 23.5 Å². The Balaban J connectivity index is 1.84. The second kappa shape index (κ2) is 6.64. The smallest absolute Gasteiger partial charge is 0.341 e. The minimum Gasteiger partial charge on any atom is -0.477 e. The summed E-state index contributed by atoms with van der Waals surface area (Å²) in [7, 11) is 0. The van der Waals surface area contributed by atoms with E-state index in [2.05, 4.69) is 17.1 Å². The van der Waals surface area contributed by atoms with Crippen LogP contribution >= 0.6 is 0 Å². The number of hydrogen-bond acceptors (Lipinski definition) is 4. The van der Waals surface area contributed by atoms with Gasteiger partial charge in [0.25, 0.3) is 0 Å². The van der Waals surface area contributed by atoms with E-state index in [1.54, 1.807) is 0 Å². The van der Waals surface area contributed by atoms with Crippen LogP contribution in [0.4, 0.5) is 10.1 Å². The maximum Gasteiger partial charge on any atom is 0.341 e. The van der Waals surface area contributed by atoms with E-state index >= 15 is 4.39 Å². The molecule has 2 aromatic rings. The summed E-state index contributed by atoms with van der Waals surface area (Å²) >= 11 is 0. The lowest BCUT2D eigenvalue weighted by Crippen LogP contribution is -2.27. The molecule has 27 heavy (non-hydrogen) atoms. The molecular formula is C20H24FN3O3. The number of halogens is 1. The molecule has 1 aromatic carbocycles. The number of carboxylic acid groups (broad SMARTS) is 1. The van der Waals surface area contributed by atoms with Gasteiger partial charge in [0.05, 0.1) is 11.2 Å². The molecule has 2 unspecified atom stereocenters. The van der Waals surface area contributed by atoms with Crippen LogP contribution in [-0.4, -0.2) is 41.8 Å². The number of anilines is 1. The number of nitrogens with one attached hydrogen (secondary N) is 1. The van der Waals surface area contributed by atoms with Crippen molar-refractivity contribution in [1.82, 2.24) is 9.88 Å². The number of benzene rings is 1. The molecule has 0 saturated carbocycles. The van der Waals surface area contributed by atoms with Crippen LogP contribution in [0.5, 0.6) is 0 Å². The van der Waals surface area contributed by atoms with E-state index in [1.807, 2.05) is 11.5 Å². The molecule has 7 heteroatoms. The molecule has 3 heterocycles. The van der Waals surface area contributed by atoms with Crippen LogP contribution in [0, 0.1) is 11.7 Å². The molecule has 0 bridgehead atoms. The van der Waals surface area contributed by atoms with Crippen LogP contribution in [0.2, 0.25) is 0 Å². The summed E-state index contributed by atoms with van der Waals surface area (Å²) in [5.41, 5.74) is 1.18. The lowest BCUT2D eigenvalue weighted by molar-refractivity contribution is 0.0694. The van der Waals surface area contributed by atoms with Crippen molar-refractivity contribution >= 4 is 22.6 Å². The molecule has 1 aromatic heterocycles. The molecule has 0 radical (unpaired) electrons. The summed E-state index contributed by atoms with van der Waals surface area (Å²) in [6.07, 6.45) is 3.01. The summed E-state index contributed by atoms with van der Waals surface area (Å²) in [4.78, 5) is 26.1. The van der Waals surface area contributed by atoms with E-state index in [9.17, 15) is 14.7 Å². The Labute approximate surface area is 156 Å². The average Bonchev–Trinajstić information content (AvgIpc) is 3.21. The van der Waals surface area contributed by atoms with Crippen LogP contribution < -0.4 is 15.6 Å². The summed E-state index contributed by atoms with van der Waals surface area (Å²) in [5, 5.41) is 12.8. The van der Waals surface area contributed by atoms with Gasteiger partial charge in [0.15, 0.2) is 0 Å². The average molecular weight is 373 g/mol. The first kappa shape index (κ1) is 18.0. The van der Waals surface area contributed by atoms with Gasteiger partial charge in [0.2, 0.25) is 5.43 Å². The SMILES string of the molecule is CCNCC1CCN(c2c(F)cc3c(=O)c(C(=O)O)cn4c3c2CC4C)C1. The fourth-order valence-corrected chi connectivity index (χ4v) is 4.54. The fraction of sp³-hybridized carbons (Fsp3) is 0.500. The number of rotatable bonds is 5. The first-order chi connectivity index (χ1) is 12.9. The molecule has 4 rings (SSSR count). The number of hydrogen-bond donors (Lipinski definition) is 2. The van der Waals surface area contributed by atoms with Crippen LogP contribution in [0.1, 0.15) is 42.2 Å². The van der Waals surface area contributed by atoms with Crippen molar-refractivity contribution in [2.24, 2.45) is 5.92 Å². The maximum atomic E-state index is 15.1. The summed E-state index contributed by atoms with van der Waals surface area (Å²) in [6, 6.07) is 1.22. The van der Waals surface area contributed by atoms with Crippen molar-refractivity contribution in [1.29, 1.82) is 0 Å². The molecular weight excluding hydrogens is 349 g/mol. The first-order valence-corrected chi connectivity index (χ1v) is 9.51. The number of carboxylic acids is 1. The van der Waals surface area contributed by atoms with Gasteiger partial charge in [-0.2, -0.15) is 0 Å². The molecule has 2 atom stereocenters. The van der Waals surface area contributed by atoms with Crippen LogP contribution in [0.3, 0.4) is 0 Å². The van der Waals surface area contributed by atoms with Gasteiger partial charge < -0.3 is 19.9 Å². The number of aromatic carboxylic acids is 1. The summed E-state index contributed by atoms with van der Waals surface area (Å²) < 4.78 is 16.9. The molecule has 2 aliphatic rings. The summed E-state index contributed by atoms with van der Waals surface area (Å²) in [6.45, 7) is 7.45. The zero-order valence-corrected chi connectivity index (χ0v) is 15.6. The van der Waals surface area contributed by atoms with Crippen LogP contribution in [0.25, 0.3) is 10.9 Å². The Morgan fingerprint density at radius 3 is 2.93 bits per heavy atom. The van der Waals surface area contributed by atoms with Gasteiger partial charge in [-0.25, -0.2) is 9.18 Å². The predicted octanol–water partition coefficient (Wildman–Crippen LogP) is 2.39. The van der Waals surface area contributed by atoms with Crippen molar-refractivity contribution in [3.8, 4) is 0 Å². The lowest BCUT2D eigenvalue weighted by atomic mass is 10.0. The minimum atomic E-state index is -1.28. The van der Waals surface area contributed by atoms with Crippen molar-refractivity contribution < 1.29 is 14.3 Å². The predicted molar refractivity (Wildman–Crippen MR) is 102 cm³/mol. The monoisotopic (exact) mass is 373 g/mol. The third-order valence-electron chi connectivity index (χ3n) is 5.83. The van der Waals surface area contributed by atoms with E-state index in [4.69, 9.17) is 0 Å². The zero-order chi connectivity index (χ0) is 19.3. The van der Waals surface area contributed by atoms with Crippen LogP contribution in [-0.2, 0) is 6.42 Å². The van der Waals surface area contributed by atoms with Gasteiger partial charge in [-0.15, -0.1) is 0 Å². The van der Waals surface area contributed by atoms with Crippen LogP contribution in [0.15, 0.2) is 17.1 Å². The van der Waals surface area contributed by atoms with Crippen molar-refractivity contribution in [2.75, 3.05) is 31.1 Å². The topological polar surface area (TPSA) is 74.6 Å². The molecule has 0 aliphatic carbocycles. The van der Waals surface area contributed by atoms with Gasteiger partial charge >= 0.3 is 5.97 Å². The highest BCUT2D eigenvalue weighted by Gasteiger charge is 2.33. The number of pyridine rings is 1. The standard InChI is InChI=1S/C20H24FN3O3/c1-3-22-8-12-4-5-23(9-12)18-13-6-11(2)24-10-15(20(26)27)19(25)14(17(13)24)7-16(18)21/h7,10-12,22H,3-6,8-9H2,1-2H3,(H,26,27). The van der Waals surface area contributed by atoms with E-state index < -0.39 is 17.2 Å². The van der Waals surface area contributed by atoms with Gasteiger partial charge in [-0.05, 0) is 44.8 Å². The minimum absolute atomic E-state index is 0.0121. The molecule has 0 amide bonds. The Bertz CT molecular complexity index is 985. The van der Waals surface area contributed by atoms with Crippen molar-refractivity contribution in [3.63, 3.8) is 0 Å². The Hall–Kier alpha value is -2.41. The molecule has 6 nitrogen and oxygen atoms in total. The number of carbonyl (C=O) groups is 1. The first-order valence-electron chi connectivity index (χ1n) is 9.51. The quantitative estimate of drug-likeness (QED) is 0.842. The van der Waals surface area contributed by atoms with Crippen molar-refractivity contribution in [2.45, 2.75) is 32.7 Å². The summed E-state index contributed by atoms with van der Waals surface area (Å²) in [5.74, 6) is -1.23. The molecule has 1 saturated heterocycles. The molecule has 2 N–H and O–H groups in total. The molecule has 0 spiro atoms. The number of nitrogens with zero attached hydrogens (tertiary/aromatic N) is 2. The third kappa shape index (κ3) is 2.81. The Morgan fingerprint density at radius 1 is 1.44 bits per heavy atom. The van der Waals surface area contributed by atoms with Gasteiger partial charge in [0.1, 0.15) is 11.4 Å².